The van der Waals surface area contributed by atoms with Crippen LogP contribution in [0.1, 0.15) is 24.1 Å². The second kappa shape index (κ2) is 10.4. The monoisotopic (exact) mass is 462 g/mol. The number of sulfonamides is 1. The van der Waals surface area contributed by atoms with Crippen molar-refractivity contribution in [3.8, 4) is 0 Å². The Morgan fingerprint density at radius 2 is 1.81 bits per heavy atom. The van der Waals surface area contributed by atoms with Crippen LogP contribution in [-0.2, 0) is 21.2 Å². The van der Waals surface area contributed by atoms with Crippen LogP contribution >= 0.6 is 0 Å². The van der Waals surface area contributed by atoms with Gasteiger partial charge >= 0.3 is 0 Å². The van der Waals surface area contributed by atoms with E-state index < -0.39 is 14.9 Å². The van der Waals surface area contributed by atoms with Gasteiger partial charge in [-0.15, -0.1) is 0 Å². The van der Waals surface area contributed by atoms with Crippen molar-refractivity contribution in [1.29, 1.82) is 0 Å². The van der Waals surface area contributed by atoms with E-state index in [2.05, 4.69) is 41.4 Å². The van der Waals surface area contributed by atoms with E-state index in [1.54, 1.807) is 0 Å². The van der Waals surface area contributed by atoms with Crippen LogP contribution in [0.25, 0.3) is 0 Å². The maximum atomic E-state index is 13.3. The first-order valence-corrected chi connectivity index (χ1v) is 12.0. The number of benzene rings is 2. The van der Waals surface area contributed by atoms with Crippen molar-refractivity contribution in [1.82, 2.24) is 9.21 Å². The Labute approximate surface area is 189 Å². The van der Waals surface area contributed by atoms with Gasteiger partial charge in [0.1, 0.15) is 4.90 Å². The van der Waals surface area contributed by atoms with Crippen molar-refractivity contribution in [2.75, 3.05) is 52.3 Å². The van der Waals surface area contributed by atoms with Crippen molar-refractivity contribution in [3.05, 3.63) is 63.7 Å². The average Bonchev–Trinajstić information content (AvgIpc) is 2.80. The SMILES string of the molecule is CCc1ccc([C@@H](CNc2ccc([N+](=O)[O-])cc2S(=O)(=O)N2CCOCC2)N(C)C)cc1. The Balaban J connectivity index is 1.91. The molecule has 1 heterocycles. The topological polar surface area (TPSA) is 105 Å². The number of rotatable bonds is 9. The van der Waals surface area contributed by atoms with E-state index in [-0.39, 0.29) is 29.7 Å². The summed E-state index contributed by atoms with van der Waals surface area (Å²) in [7, 11) is 0.00153. The maximum Gasteiger partial charge on any atom is 0.270 e. The fourth-order valence-electron chi connectivity index (χ4n) is 3.69. The third-order valence-corrected chi connectivity index (χ3v) is 7.58. The summed E-state index contributed by atoms with van der Waals surface area (Å²) in [6.07, 6.45) is 0.955. The number of ether oxygens (including phenoxy) is 1. The molecule has 1 atom stereocenters. The van der Waals surface area contributed by atoms with Crippen LogP contribution in [0, 0.1) is 10.1 Å². The van der Waals surface area contributed by atoms with Gasteiger partial charge in [-0.1, -0.05) is 31.2 Å². The fourth-order valence-corrected chi connectivity index (χ4v) is 5.29. The molecule has 3 rings (SSSR count). The zero-order chi connectivity index (χ0) is 23.3. The molecule has 0 saturated carbocycles. The molecule has 0 spiro atoms. The second-order valence-corrected chi connectivity index (χ2v) is 9.82. The maximum absolute atomic E-state index is 13.3. The number of nitrogens with zero attached hydrogens (tertiary/aromatic N) is 3. The summed E-state index contributed by atoms with van der Waals surface area (Å²) >= 11 is 0. The van der Waals surface area contributed by atoms with Crippen molar-refractivity contribution in [3.63, 3.8) is 0 Å². The molecule has 1 aliphatic heterocycles. The molecular formula is C22H30N4O5S. The van der Waals surface area contributed by atoms with Gasteiger partial charge in [-0.2, -0.15) is 4.31 Å². The second-order valence-electron chi connectivity index (χ2n) is 7.91. The van der Waals surface area contributed by atoms with E-state index in [9.17, 15) is 18.5 Å². The number of nitro groups is 1. The lowest BCUT2D eigenvalue weighted by molar-refractivity contribution is -0.385. The molecule has 2 aromatic carbocycles. The van der Waals surface area contributed by atoms with Gasteiger partial charge in [-0.25, -0.2) is 8.42 Å². The lowest BCUT2D eigenvalue weighted by Crippen LogP contribution is -2.41. The van der Waals surface area contributed by atoms with E-state index in [1.165, 1.54) is 22.0 Å². The molecule has 0 aliphatic carbocycles. The first-order chi connectivity index (χ1) is 15.2. The molecule has 1 N–H and O–H groups in total. The van der Waals surface area contributed by atoms with Crippen LogP contribution in [-0.4, -0.2) is 69.5 Å². The van der Waals surface area contributed by atoms with E-state index >= 15 is 0 Å². The molecule has 0 unspecified atom stereocenters. The smallest absolute Gasteiger partial charge is 0.270 e. The Morgan fingerprint density at radius 1 is 1.16 bits per heavy atom. The Morgan fingerprint density at radius 3 is 2.38 bits per heavy atom. The predicted molar refractivity (Wildman–Crippen MR) is 123 cm³/mol. The Kier molecular flexibility index (Phi) is 7.83. The molecule has 9 nitrogen and oxygen atoms in total. The van der Waals surface area contributed by atoms with E-state index in [0.717, 1.165) is 18.1 Å². The third-order valence-electron chi connectivity index (χ3n) is 5.65. The number of anilines is 1. The summed E-state index contributed by atoms with van der Waals surface area (Å²) < 4.78 is 33.2. The highest BCUT2D eigenvalue weighted by Crippen LogP contribution is 2.30. The summed E-state index contributed by atoms with van der Waals surface area (Å²) in [5.74, 6) is 0. The lowest BCUT2D eigenvalue weighted by atomic mass is 10.0. The summed E-state index contributed by atoms with van der Waals surface area (Å²) in [4.78, 5) is 12.7. The number of hydrogen-bond acceptors (Lipinski definition) is 7. The highest BCUT2D eigenvalue weighted by Gasteiger charge is 2.30. The third kappa shape index (κ3) is 5.44. The minimum Gasteiger partial charge on any atom is -0.382 e. The average molecular weight is 463 g/mol. The number of morpholine rings is 1. The molecule has 0 bridgehead atoms. The van der Waals surface area contributed by atoms with Crippen LogP contribution in [0.2, 0.25) is 0 Å². The van der Waals surface area contributed by atoms with Crippen molar-refractivity contribution >= 4 is 21.4 Å². The van der Waals surface area contributed by atoms with Crippen LogP contribution in [0.4, 0.5) is 11.4 Å². The van der Waals surface area contributed by atoms with E-state index in [4.69, 9.17) is 4.74 Å². The number of likely N-dealkylation sites (N-methyl/N-ethyl adjacent to an activating group) is 1. The molecule has 1 aliphatic rings. The fraction of sp³-hybridized carbons (Fsp3) is 0.455. The number of nitrogens with one attached hydrogen (secondary N) is 1. The molecule has 0 radical (unpaired) electrons. The normalized spacial score (nSPS) is 16.1. The van der Waals surface area contributed by atoms with Crippen molar-refractivity contribution in [2.45, 2.75) is 24.3 Å². The highest BCUT2D eigenvalue weighted by atomic mass is 32.2. The molecule has 1 saturated heterocycles. The summed E-state index contributed by atoms with van der Waals surface area (Å²) in [6.45, 7) is 3.57. The first kappa shape index (κ1) is 24.1. The van der Waals surface area contributed by atoms with Gasteiger partial charge in [0, 0.05) is 31.8 Å². The molecule has 2 aromatic rings. The number of hydrogen-bond donors (Lipinski definition) is 1. The standard InChI is InChI=1S/C22H30N4O5S/c1-4-17-5-7-18(8-6-17)21(24(2)3)16-23-20-10-9-19(26(27)28)15-22(20)32(29,30)25-11-13-31-14-12-25/h5-10,15,21,23H,4,11-14,16H2,1-3H3/t21-/m1/s1. The molecule has 32 heavy (non-hydrogen) atoms. The summed E-state index contributed by atoms with van der Waals surface area (Å²) in [5.41, 5.74) is 2.42. The Bertz CT molecular complexity index is 1030. The largest absolute Gasteiger partial charge is 0.382 e. The van der Waals surface area contributed by atoms with E-state index in [1.807, 2.05) is 14.1 Å². The van der Waals surface area contributed by atoms with Crippen LogP contribution in [0.3, 0.4) is 0 Å². The molecule has 10 heteroatoms. The molecular weight excluding hydrogens is 432 g/mol. The highest BCUT2D eigenvalue weighted by molar-refractivity contribution is 7.89. The zero-order valence-corrected chi connectivity index (χ0v) is 19.5. The van der Waals surface area contributed by atoms with Gasteiger partial charge in [-0.3, -0.25) is 10.1 Å². The first-order valence-electron chi connectivity index (χ1n) is 10.6. The van der Waals surface area contributed by atoms with Crippen LogP contribution in [0.15, 0.2) is 47.4 Å². The minimum atomic E-state index is -3.92. The lowest BCUT2D eigenvalue weighted by Gasteiger charge is -2.28. The molecule has 0 aromatic heterocycles. The predicted octanol–water partition coefficient (Wildman–Crippen LogP) is 2.89. The van der Waals surface area contributed by atoms with Crippen LogP contribution in [0.5, 0.6) is 0 Å². The van der Waals surface area contributed by atoms with Gasteiger partial charge in [0.25, 0.3) is 5.69 Å². The summed E-state index contributed by atoms with van der Waals surface area (Å²) in [5, 5.41) is 14.5. The van der Waals surface area contributed by atoms with Gasteiger partial charge in [-0.05, 0) is 37.7 Å². The van der Waals surface area contributed by atoms with Gasteiger partial charge in [0.05, 0.1) is 29.9 Å². The zero-order valence-electron chi connectivity index (χ0n) is 18.7. The minimum absolute atomic E-state index is 0.0185. The van der Waals surface area contributed by atoms with E-state index in [0.29, 0.717) is 25.4 Å². The van der Waals surface area contributed by atoms with Crippen molar-refractivity contribution < 1.29 is 18.1 Å². The van der Waals surface area contributed by atoms with Gasteiger partial charge < -0.3 is 15.0 Å². The Hall–Kier alpha value is -2.53. The molecule has 1 fully saturated rings. The molecule has 174 valence electrons. The quantitative estimate of drug-likeness (QED) is 0.451. The van der Waals surface area contributed by atoms with Crippen LogP contribution < -0.4 is 5.32 Å². The number of aryl methyl sites for hydroxylation is 1. The van der Waals surface area contributed by atoms with Gasteiger partial charge in [0.15, 0.2) is 0 Å². The summed E-state index contributed by atoms with van der Waals surface area (Å²) in [6, 6.07) is 12.2. The molecule has 0 amide bonds. The van der Waals surface area contributed by atoms with Crippen molar-refractivity contribution in [2.24, 2.45) is 0 Å². The van der Waals surface area contributed by atoms with Gasteiger partial charge in [0.2, 0.25) is 10.0 Å². The number of non-ortho nitro benzene ring substituents is 1. The number of nitro benzene ring substituents is 1.